The van der Waals surface area contributed by atoms with E-state index in [1.165, 1.54) is 57.2 Å². The van der Waals surface area contributed by atoms with Crippen LogP contribution in [-0.2, 0) is 17.1 Å². The van der Waals surface area contributed by atoms with Crippen molar-refractivity contribution in [2.45, 2.75) is 75.9 Å². The molecule has 3 unspecified atom stereocenters. The summed E-state index contributed by atoms with van der Waals surface area (Å²) in [5, 5.41) is 45.8. The number of hydrogen-bond acceptors (Lipinski definition) is 6. The number of nitrogens with zero attached hydrogens (tertiary/aromatic N) is 6. The zero-order chi connectivity index (χ0) is 19.6. The third-order valence-corrected chi connectivity index (χ3v) is 4.53. The van der Waals surface area contributed by atoms with E-state index in [1.54, 1.807) is 0 Å². The third kappa shape index (κ3) is 13.9. The van der Waals surface area contributed by atoms with Crippen molar-refractivity contribution >= 4 is 18.6 Å². The van der Waals surface area contributed by atoms with Crippen LogP contribution in [0.3, 0.4) is 0 Å². The maximum Gasteiger partial charge on any atom is 0.0261 e. The van der Waals surface area contributed by atoms with Gasteiger partial charge >= 0.3 is 0 Å². The molecule has 3 saturated heterocycles. The molecule has 0 aromatic carbocycles. The Kier molecular flexibility index (Phi) is 18.3. The van der Waals surface area contributed by atoms with E-state index < -0.39 is 0 Å². The zero-order valence-electron chi connectivity index (χ0n) is 16.3. The van der Waals surface area contributed by atoms with Crippen LogP contribution in [0.2, 0.25) is 0 Å². The van der Waals surface area contributed by atoms with E-state index in [4.69, 9.17) is 15.6 Å². The monoisotopic (exact) mass is 444 g/mol. The van der Waals surface area contributed by atoms with Gasteiger partial charge in [0.15, 0.2) is 0 Å². The third-order valence-electron chi connectivity index (χ3n) is 4.53. The molecule has 1 radical (unpaired) electrons. The number of hydrogen-bond donors (Lipinski definition) is 3. The molecule has 3 fully saturated rings. The fourth-order valence-electron chi connectivity index (χ4n) is 3.04. The summed E-state index contributed by atoms with van der Waals surface area (Å²) >= 11 is 0. The fourth-order valence-corrected chi connectivity index (χ4v) is 3.04. The Hall–Kier alpha value is -1.19. The van der Waals surface area contributed by atoms with Crippen LogP contribution in [-0.4, -0.2) is 72.0 Å². The van der Waals surface area contributed by atoms with Crippen molar-refractivity contribution in [1.29, 1.82) is 0 Å². The molecule has 167 valence electrons. The first-order chi connectivity index (χ1) is 13.3. The molecule has 3 atom stereocenters. The largest absolute Gasteiger partial charge is 0.655 e. The quantitative estimate of drug-likeness (QED) is 0.261. The van der Waals surface area contributed by atoms with Gasteiger partial charge in [0.25, 0.3) is 0 Å². The number of piperidine rings is 3. The van der Waals surface area contributed by atoms with E-state index in [0.29, 0.717) is 0 Å². The van der Waals surface area contributed by atoms with E-state index in [0.717, 1.165) is 38.9 Å². The van der Waals surface area contributed by atoms with Crippen molar-refractivity contribution in [3.05, 3.63) is 16.0 Å². The van der Waals surface area contributed by atoms with Crippen LogP contribution in [0.15, 0.2) is 15.5 Å². The summed E-state index contributed by atoms with van der Waals surface area (Å²) in [6, 6.07) is 0.552. The van der Waals surface area contributed by atoms with Gasteiger partial charge in [0.05, 0.1) is 0 Å². The predicted octanol–water partition coefficient (Wildman–Crippen LogP) is 4.12. The smallest absolute Gasteiger partial charge is 0.0261 e. The molecule has 0 aromatic heterocycles. The van der Waals surface area contributed by atoms with Crippen LogP contribution in [0.4, 0.5) is 0 Å². The Morgan fingerprint density at radius 2 is 0.821 bits per heavy atom. The average molecular weight is 445 g/mol. The normalized spacial score (nSPS) is 28.1. The summed E-state index contributed by atoms with van der Waals surface area (Å²) in [5.41, 5.74) is 0. The van der Waals surface area contributed by atoms with Crippen molar-refractivity contribution in [2.24, 2.45) is 15.5 Å². The average Bonchev–Trinajstić information content (AvgIpc) is 2.72. The van der Waals surface area contributed by atoms with Crippen LogP contribution in [0.25, 0.3) is 16.0 Å². The molecule has 0 amide bonds. The van der Waals surface area contributed by atoms with Crippen molar-refractivity contribution in [3.63, 3.8) is 0 Å². The Labute approximate surface area is 178 Å². The minimum Gasteiger partial charge on any atom is -0.655 e. The summed E-state index contributed by atoms with van der Waals surface area (Å²) in [7, 11) is 0. The van der Waals surface area contributed by atoms with Gasteiger partial charge in [0.2, 0.25) is 0 Å². The summed E-state index contributed by atoms with van der Waals surface area (Å²) in [4.78, 5) is 0. The second kappa shape index (κ2) is 19.1. The molecule has 28 heavy (non-hydrogen) atoms. The van der Waals surface area contributed by atoms with E-state index in [9.17, 15) is 0 Å². The van der Waals surface area contributed by atoms with Crippen molar-refractivity contribution in [3.8, 4) is 0 Å². The molecular weight excluding hydrogens is 412 g/mol. The van der Waals surface area contributed by atoms with Crippen molar-refractivity contribution in [1.82, 2.24) is 0 Å². The Bertz CT molecular complexity index is 360. The maximum absolute atomic E-state index is 8.13. The molecule has 3 N–H and O–H groups in total. The first-order valence-electron chi connectivity index (χ1n) is 9.82. The van der Waals surface area contributed by atoms with Crippen molar-refractivity contribution in [2.75, 3.05) is 19.6 Å². The molecule has 0 saturated carbocycles. The first kappa shape index (κ1) is 26.8. The van der Waals surface area contributed by atoms with Crippen LogP contribution in [0.5, 0.6) is 0 Å². The van der Waals surface area contributed by atoms with E-state index in [1.807, 2.05) is 0 Å². The summed E-state index contributed by atoms with van der Waals surface area (Å²) < 4.78 is 0. The minimum absolute atomic E-state index is 0. The van der Waals surface area contributed by atoms with E-state index in [-0.39, 0.29) is 35.2 Å². The standard InChI is InChI=1S/3C6H11N2O.Cu/c3*9-8-5-6-3-1-2-4-7-6;/h3*5-6,9H,1-4H2;/q3*-1;/b3*8-5+;. The van der Waals surface area contributed by atoms with Gasteiger partial charge in [-0.2, -0.15) is 0 Å². The fraction of sp³-hybridized carbons (Fsp3) is 0.833. The molecule has 10 heteroatoms. The van der Waals surface area contributed by atoms with Gasteiger partial charge in [-0.05, 0) is 0 Å². The molecule has 0 spiro atoms. The van der Waals surface area contributed by atoms with Gasteiger partial charge < -0.3 is 31.6 Å². The summed E-state index contributed by atoms with van der Waals surface area (Å²) in [6.07, 6.45) is 14.8. The molecule has 0 aromatic rings. The van der Waals surface area contributed by atoms with Gasteiger partial charge in [-0.15, -0.1) is 35.1 Å². The molecule has 3 heterocycles. The summed E-state index contributed by atoms with van der Waals surface area (Å²) in [6.45, 7) is 2.78. The number of rotatable bonds is 3. The SMILES string of the molecule is O/N=C/C1CCCC[N-]1.O/N=C/C1CCCC[N-]1.O/N=C/C1CCCC[N-]1.[Cu]. The molecule has 0 aliphatic carbocycles. The van der Waals surface area contributed by atoms with Gasteiger partial charge in [-0.25, -0.2) is 0 Å². The van der Waals surface area contributed by atoms with Crippen LogP contribution in [0, 0.1) is 0 Å². The van der Waals surface area contributed by atoms with Crippen LogP contribution >= 0.6 is 0 Å². The van der Waals surface area contributed by atoms with Crippen LogP contribution in [0.1, 0.15) is 57.8 Å². The number of oxime groups is 3. The molecule has 3 aliphatic rings. The summed E-state index contributed by atoms with van der Waals surface area (Å²) in [5.74, 6) is 0. The second-order valence-electron chi connectivity index (χ2n) is 6.70. The van der Waals surface area contributed by atoms with Gasteiger partial charge in [-0.1, -0.05) is 75.9 Å². The zero-order valence-corrected chi connectivity index (χ0v) is 17.2. The van der Waals surface area contributed by atoms with Gasteiger partial charge in [0.1, 0.15) is 0 Å². The molecule has 3 rings (SSSR count). The van der Waals surface area contributed by atoms with Gasteiger partial charge in [-0.3, -0.25) is 0 Å². The van der Waals surface area contributed by atoms with E-state index in [2.05, 4.69) is 31.4 Å². The minimum atomic E-state index is 0. The topological polar surface area (TPSA) is 140 Å². The molecule has 0 bridgehead atoms. The van der Waals surface area contributed by atoms with Crippen molar-refractivity contribution < 1.29 is 32.7 Å². The Balaban J connectivity index is 0.000000384. The molecule has 9 nitrogen and oxygen atoms in total. The Morgan fingerprint density at radius 1 is 0.536 bits per heavy atom. The maximum atomic E-state index is 8.13. The second-order valence-corrected chi connectivity index (χ2v) is 6.70. The van der Waals surface area contributed by atoms with E-state index >= 15 is 0 Å². The predicted molar refractivity (Wildman–Crippen MR) is 108 cm³/mol. The van der Waals surface area contributed by atoms with Crippen LogP contribution < -0.4 is 0 Å². The molecule has 3 aliphatic heterocycles. The molecular formula is C18H33CuN6O3-3. The first-order valence-corrected chi connectivity index (χ1v) is 9.82. The Morgan fingerprint density at radius 3 is 1.00 bits per heavy atom. The van der Waals surface area contributed by atoms with Gasteiger partial charge in [0, 0.05) is 35.7 Å².